The third-order valence-electron chi connectivity index (χ3n) is 7.72. The van der Waals surface area contributed by atoms with Crippen molar-refractivity contribution in [2.24, 2.45) is 0 Å². The predicted octanol–water partition coefficient (Wildman–Crippen LogP) is 11.1. The van der Waals surface area contributed by atoms with Gasteiger partial charge in [-0.05, 0) is 18.6 Å². The van der Waals surface area contributed by atoms with Crippen LogP contribution in [-0.4, -0.2) is 10.2 Å². The van der Waals surface area contributed by atoms with Crippen molar-refractivity contribution in [3.8, 4) is 11.5 Å². The third kappa shape index (κ3) is 12.8. The van der Waals surface area contributed by atoms with E-state index in [1.54, 1.807) is 12.1 Å². The van der Waals surface area contributed by atoms with Crippen LogP contribution >= 0.6 is 0 Å². The van der Waals surface area contributed by atoms with E-state index in [-0.39, 0.29) is 5.92 Å². The first-order chi connectivity index (χ1) is 17.7. The van der Waals surface area contributed by atoms with Gasteiger partial charge in [0.2, 0.25) is 0 Å². The van der Waals surface area contributed by atoms with Crippen LogP contribution in [0.5, 0.6) is 11.5 Å². The topological polar surface area (TPSA) is 40.5 Å². The summed E-state index contributed by atoms with van der Waals surface area (Å²) in [5.41, 5.74) is 1.84. The minimum atomic E-state index is 0.0400. The number of rotatable bonds is 22. The molecule has 2 aromatic carbocycles. The summed E-state index contributed by atoms with van der Waals surface area (Å²) in [4.78, 5) is 0. The lowest BCUT2D eigenvalue weighted by Gasteiger charge is -2.20. The summed E-state index contributed by atoms with van der Waals surface area (Å²) in [6, 6.07) is 15.1. The molecule has 36 heavy (non-hydrogen) atoms. The van der Waals surface area contributed by atoms with E-state index in [0.29, 0.717) is 11.5 Å². The van der Waals surface area contributed by atoms with E-state index in [2.05, 4.69) is 6.92 Å². The van der Waals surface area contributed by atoms with E-state index in [0.717, 1.165) is 24.0 Å². The Morgan fingerprint density at radius 1 is 0.444 bits per heavy atom. The van der Waals surface area contributed by atoms with Gasteiger partial charge in [-0.1, -0.05) is 165 Å². The van der Waals surface area contributed by atoms with Gasteiger partial charge < -0.3 is 10.2 Å². The van der Waals surface area contributed by atoms with Gasteiger partial charge in [0.1, 0.15) is 11.5 Å². The Kier molecular flexibility index (Phi) is 16.9. The lowest BCUT2D eigenvalue weighted by Crippen LogP contribution is -2.02. The minimum Gasteiger partial charge on any atom is -0.508 e. The molecule has 0 bridgehead atoms. The largest absolute Gasteiger partial charge is 0.508 e. The van der Waals surface area contributed by atoms with Crippen LogP contribution < -0.4 is 0 Å². The summed E-state index contributed by atoms with van der Waals surface area (Å²) in [6.07, 6.45) is 27.2. The first-order valence-electron chi connectivity index (χ1n) is 15.3. The maximum atomic E-state index is 10.4. The molecule has 0 unspecified atom stereocenters. The summed E-state index contributed by atoms with van der Waals surface area (Å²) < 4.78 is 0. The molecule has 2 N–H and O–H groups in total. The van der Waals surface area contributed by atoms with E-state index in [9.17, 15) is 10.2 Å². The van der Waals surface area contributed by atoms with Crippen LogP contribution in [0.3, 0.4) is 0 Å². The average Bonchev–Trinajstić information content (AvgIpc) is 2.89. The van der Waals surface area contributed by atoms with Gasteiger partial charge in [-0.25, -0.2) is 0 Å². The molecule has 0 fully saturated rings. The van der Waals surface area contributed by atoms with Gasteiger partial charge in [-0.15, -0.1) is 0 Å². The fourth-order valence-electron chi connectivity index (χ4n) is 5.47. The predicted molar refractivity (Wildman–Crippen MR) is 156 cm³/mol. The lowest BCUT2D eigenvalue weighted by atomic mass is 9.85. The molecule has 0 atom stereocenters. The highest BCUT2D eigenvalue weighted by Crippen LogP contribution is 2.38. The van der Waals surface area contributed by atoms with Crippen molar-refractivity contribution < 1.29 is 10.2 Å². The number of aromatic hydroxyl groups is 2. The normalized spacial score (nSPS) is 11.4. The molecule has 0 aliphatic rings. The Balaban J connectivity index is 1.47. The Morgan fingerprint density at radius 3 is 1.08 bits per heavy atom. The molecule has 2 heteroatoms. The molecule has 0 spiro atoms. The molecular weight excluding hydrogens is 440 g/mol. The van der Waals surface area contributed by atoms with Crippen LogP contribution in [0.25, 0.3) is 0 Å². The Hall–Kier alpha value is -1.96. The molecular formula is C34H54O2. The highest BCUT2D eigenvalue weighted by Gasteiger charge is 2.19. The van der Waals surface area contributed by atoms with E-state index in [4.69, 9.17) is 0 Å². The second-order valence-electron chi connectivity index (χ2n) is 10.8. The zero-order valence-corrected chi connectivity index (χ0v) is 23.2. The second kappa shape index (κ2) is 20.1. The summed E-state index contributed by atoms with van der Waals surface area (Å²) in [6.45, 7) is 2.29. The minimum absolute atomic E-state index is 0.0400. The summed E-state index contributed by atoms with van der Waals surface area (Å²) in [5.74, 6) is 0.685. The van der Waals surface area contributed by atoms with E-state index < -0.39 is 0 Å². The van der Waals surface area contributed by atoms with E-state index >= 15 is 0 Å². The van der Waals surface area contributed by atoms with Gasteiger partial charge in [-0.3, -0.25) is 0 Å². The van der Waals surface area contributed by atoms with Gasteiger partial charge >= 0.3 is 0 Å². The zero-order chi connectivity index (χ0) is 25.7. The molecule has 0 saturated carbocycles. The highest BCUT2D eigenvalue weighted by atomic mass is 16.3. The maximum absolute atomic E-state index is 10.4. The number of unbranched alkanes of at least 4 members (excludes halogenated alkanes) is 18. The van der Waals surface area contributed by atoms with Crippen molar-refractivity contribution in [2.75, 3.05) is 0 Å². The van der Waals surface area contributed by atoms with Crippen LogP contribution in [0.4, 0.5) is 0 Å². The van der Waals surface area contributed by atoms with Gasteiger partial charge in [0, 0.05) is 17.0 Å². The first-order valence-corrected chi connectivity index (χ1v) is 15.3. The highest BCUT2D eigenvalue weighted by molar-refractivity contribution is 5.45. The number of phenols is 2. The standard InChI is InChI=1S/C34H54O2/c1-2-3-4-5-6-7-8-9-10-11-12-13-14-15-16-17-18-19-20-25-30(31-26-21-23-28-33(31)35)32-27-22-24-29-34(32)36/h21-24,26-30,35-36H,2-20,25H2,1H3. The Morgan fingerprint density at radius 2 is 0.750 bits per heavy atom. The fourth-order valence-corrected chi connectivity index (χ4v) is 5.47. The van der Waals surface area contributed by atoms with Crippen LogP contribution in [0, 0.1) is 0 Å². The Bertz CT molecular complexity index is 739. The molecule has 0 saturated heterocycles. The number of benzene rings is 2. The SMILES string of the molecule is CCCCCCCCCCCCCCCCCCCCCC(c1ccccc1O)c1ccccc1O. The maximum Gasteiger partial charge on any atom is 0.119 e. The summed E-state index contributed by atoms with van der Waals surface area (Å²) in [7, 11) is 0. The van der Waals surface area contributed by atoms with Gasteiger partial charge in [0.15, 0.2) is 0 Å². The molecule has 0 radical (unpaired) electrons. The summed E-state index contributed by atoms with van der Waals surface area (Å²) >= 11 is 0. The molecule has 0 aliphatic carbocycles. The van der Waals surface area contributed by atoms with Gasteiger partial charge in [0.05, 0.1) is 0 Å². The number of hydrogen-bond acceptors (Lipinski definition) is 2. The van der Waals surface area contributed by atoms with Crippen molar-refractivity contribution in [1.82, 2.24) is 0 Å². The number of phenolic OH excluding ortho intramolecular Hbond substituents is 2. The monoisotopic (exact) mass is 494 g/mol. The number of hydrogen-bond donors (Lipinski definition) is 2. The van der Waals surface area contributed by atoms with Gasteiger partial charge in [0.25, 0.3) is 0 Å². The van der Waals surface area contributed by atoms with Crippen molar-refractivity contribution in [2.45, 2.75) is 141 Å². The molecule has 0 amide bonds. The van der Waals surface area contributed by atoms with Crippen molar-refractivity contribution in [1.29, 1.82) is 0 Å². The molecule has 2 nitrogen and oxygen atoms in total. The summed E-state index contributed by atoms with van der Waals surface area (Å²) in [5, 5.41) is 20.8. The quantitative estimate of drug-likeness (QED) is 0.160. The van der Waals surface area contributed by atoms with Crippen molar-refractivity contribution >= 4 is 0 Å². The molecule has 0 aromatic heterocycles. The second-order valence-corrected chi connectivity index (χ2v) is 10.8. The molecule has 2 aromatic rings. The average molecular weight is 495 g/mol. The van der Waals surface area contributed by atoms with Crippen molar-refractivity contribution in [3.05, 3.63) is 59.7 Å². The van der Waals surface area contributed by atoms with E-state index in [1.807, 2.05) is 36.4 Å². The third-order valence-corrected chi connectivity index (χ3v) is 7.72. The van der Waals surface area contributed by atoms with Crippen molar-refractivity contribution in [3.63, 3.8) is 0 Å². The molecule has 2 rings (SSSR count). The van der Waals surface area contributed by atoms with Crippen LogP contribution in [0.1, 0.15) is 152 Å². The van der Waals surface area contributed by atoms with E-state index in [1.165, 1.54) is 116 Å². The fraction of sp³-hybridized carbons (Fsp3) is 0.647. The molecule has 0 heterocycles. The molecule has 202 valence electrons. The first kappa shape index (κ1) is 30.3. The Labute approximate surface area is 222 Å². The lowest BCUT2D eigenvalue weighted by molar-refractivity contribution is 0.447. The molecule has 0 aliphatic heterocycles. The zero-order valence-electron chi connectivity index (χ0n) is 23.2. The van der Waals surface area contributed by atoms with Crippen LogP contribution in [0.15, 0.2) is 48.5 Å². The number of para-hydroxylation sites is 2. The smallest absolute Gasteiger partial charge is 0.119 e. The van der Waals surface area contributed by atoms with Gasteiger partial charge in [-0.2, -0.15) is 0 Å². The van der Waals surface area contributed by atoms with Crippen LogP contribution in [-0.2, 0) is 0 Å². The van der Waals surface area contributed by atoms with Crippen LogP contribution in [0.2, 0.25) is 0 Å².